The molecule has 0 saturated heterocycles. The van der Waals surface area contributed by atoms with Gasteiger partial charge >= 0.3 is 0 Å². The van der Waals surface area contributed by atoms with Gasteiger partial charge in [0.25, 0.3) is 0 Å². The maximum absolute atomic E-state index is 3.50. The molecule has 1 nitrogen and oxygen atoms in total. The van der Waals surface area contributed by atoms with Crippen LogP contribution in [0.4, 0.5) is 0 Å². The molecule has 0 saturated carbocycles. The molecule has 3 rings (SSSR count). The van der Waals surface area contributed by atoms with Crippen molar-refractivity contribution >= 4 is 11.3 Å². The Balaban J connectivity index is 1.50. The number of thiophene rings is 1. The summed E-state index contributed by atoms with van der Waals surface area (Å²) in [6.45, 7) is 1.95. The second-order valence-electron chi connectivity index (χ2n) is 5.12. The largest absolute Gasteiger partial charge is 0.312 e. The van der Waals surface area contributed by atoms with E-state index in [0.29, 0.717) is 0 Å². The fraction of sp³-hybridized carbons (Fsp3) is 0.158. The number of rotatable bonds is 6. The van der Waals surface area contributed by atoms with Crippen molar-refractivity contribution in [2.75, 3.05) is 6.54 Å². The van der Waals surface area contributed by atoms with Gasteiger partial charge in [-0.3, -0.25) is 0 Å². The fourth-order valence-electron chi connectivity index (χ4n) is 2.35. The molecule has 2 heteroatoms. The molecular formula is C19H19NS. The van der Waals surface area contributed by atoms with E-state index in [1.807, 2.05) is 0 Å². The number of hydrogen-bond donors (Lipinski definition) is 1. The summed E-state index contributed by atoms with van der Waals surface area (Å²) in [6.07, 6.45) is 1.10. The Morgan fingerprint density at radius 1 is 0.762 bits per heavy atom. The summed E-state index contributed by atoms with van der Waals surface area (Å²) in [6, 6.07) is 21.5. The zero-order valence-electron chi connectivity index (χ0n) is 12.0. The Hall–Kier alpha value is -1.90. The van der Waals surface area contributed by atoms with Gasteiger partial charge in [0, 0.05) is 6.54 Å². The van der Waals surface area contributed by atoms with Crippen LogP contribution in [0.25, 0.3) is 11.1 Å². The van der Waals surface area contributed by atoms with Gasteiger partial charge in [0.05, 0.1) is 0 Å². The Labute approximate surface area is 130 Å². The molecule has 0 atom stereocenters. The van der Waals surface area contributed by atoms with Crippen molar-refractivity contribution in [2.24, 2.45) is 0 Å². The summed E-state index contributed by atoms with van der Waals surface area (Å²) in [5, 5.41) is 7.86. The average Bonchev–Trinajstić information content (AvgIpc) is 3.06. The van der Waals surface area contributed by atoms with Gasteiger partial charge in [0.2, 0.25) is 0 Å². The molecule has 1 aromatic heterocycles. The van der Waals surface area contributed by atoms with Crippen LogP contribution in [0.1, 0.15) is 11.1 Å². The fourth-order valence-corrected chi connectivity index (χ4v) is 3.05. The van der Waals surface area contributed by atoms with Gasteiger partial charge in [0.15, 0.2) is 0 Å². The lowest BCUT2D eigenvalue weighted by molar-refractivity contribution is 0.688. The summed E-state index contributed by atoms with van der Waals surface area (Å²) in [5.74, 6) is 0. The molecule has 0 aliphatic rings. The zero-order valence-corrected chi connectivity index (χ0v) is 12.8. The minimum absolute atomic E-state index is 0.930. The zero-order chi connectivity index (χ0) is 14.3. The molecule has 0 aliphatic carbocycles. The monoisotopic (exact) mass is 293 g/mol. The first-order valence-electron chi connectivity index (χ1n) is 7.28. The molecule has 0 bridgehead atoms. The highest BCUT2D eigenvalue weighted by Crippen LogP contribution is 2.19. The smallest absolute Gasteiger partial charge is 0.0205 e. The first-order valence-corrected chi connectivity index (χ1v) is 8.22. The van der Waals surface area contributed by atoms with Crippen LogP contribution in [0.2, 0.25) is 0 Å². The first-order chi connectivity index (χ1) is 10.4. The normalized spacial score (nSPS) is 10.7. The van der Waals surface area contributed by atoms with Crippen LogP contribution in [0.5, 0.6) is 0 Å². The van der Waals surface area contributed by atoms with E-state index in [1.54, 1.807) is 11.3 Å². The van der Waals surface area contributed by atoms with Crippen LogP contribution in [0, 0.1) is 0 Å². The van der Waals surface area contributed by atoms with Gasteiger partial charge < -0.3 is 5.32 Å². The van der Waals surface area contributed by atoms with E-state index >= 15 is 0 Å². The van der Waals surface area contributed by atoms with E-state index in [0.717, 1.165) is 19.5 Å². The van der Waals surface area contributed by atoms with E-state index in [1.165, 1.54) is 22.3 Å². The van der Waals surface area contributed by atoms with E-state index in [-0.39, 0.29) is 0 Å². The van der Waals surface area contributed by atoms with Crippen LogP contribution in [0.15, 0.2) is 71.4 Å². The molecule has 0 aliphatic heterocycles. The molecular weight excluding hydrogens is 274 g/mol. The van der Waals surface area contributed by atoms with Crippen molar-refractivity contribution < 1.29 is 0 Å². The molecule has 0 fully saturated rings. The van der Waals surface area contributed by atoms with Crippen molar-refractivity contribution in [3.63, 3.8) is 0 Å². The number of hydrogen-bond acceptors (Lipinski definition) is 2. The van der Waals surface area contributed by atoms with Crippen molar-refractivity contribution in [1.29, 1.82) is 0 Å². The predicted octanol–water partition coefficient (Wildman–Crippen LogP) is 4.75. The standard InChI is InChI=1S/C19H19NS/c1-2-4-18(5-3-1)19-8-6-16(7-9-19)14-20-12-10-17-11-13-21-15-17/h1-9,11,13,15,20H,10,12,14H2. The minimum Gasteiger partial charge on any atom is -0.312 e. The molecule has 3 aromatic rings. The third-order valence-corrected chi connectivity index (χ3v) is 4.29. The van der Waals surface area contributed by atoms with E-state index in [4.69, 9.17) is 0 Å². The lowest BCUT2D eigenvalue weighted by Crippen LogP contribution is -2.16. The molecule has 21 heavy (non-hydrogen) atoms. The van der Waals surface area contributed by atoms with E-state index in [2.05, 4.69) is 76.7 Å². The quantitative estimate of drug-likeness (QED) is 0.647. The Kier molecular flexibility index (Phi) is 4.82. The van der Waals surface area contributed by atoms with Gasteiger partial charge in [-0.15, -0.1) is 0 Å². The maximum Gasteiger partial charge on any atom is 0.0205 e. The maximum atomic E-state index is 3.50. The minimum atomic E-state index is 0.930. The van der Waals surface area contributed by atoms with Crippen LogP contribution >= 0.6 is 11.3 Å². The summed E-state index contributed by atoms with van der Waals surface area (Å²) >= 11 is 1.77. The molecule has 2 aromatic carbocycles. The molecule has 1 N–H and O–H groups in total. The second kappa shape index (κ2) is 7.21. The molecule has 0 radical (unpaired) electrons. The summed E-state index contributed by atoms with van der Waals surface area (Å²) in [5.41, 5.74) is 5.30. The van der Waals surface area contributed by atoms with E-state index in [9.17, 15) is 0 Å². The van der Waals surface area contributed by atoms with Crippen molar-refractivity contribution in [1.82, 2.24) is 5.32 Å². The van der Waals surface area contributed by atoms with Crippen molar-refractivity contribution in [3.8, 4) is 11.1 Å². The number of benzene rings is 2. The van der Waals surface area contributed by atoms with E-state index < -0.39 is 0 Å². The predicted molar refractivity (Wildman–Crippen MR) is 91.6 cm³/mol. The lowest BCUT2D eigenvalue weighted by atomic mass is 10.0. The van der Waals surface area contributed by atoms with Crippen LogP contribution in [-0.4, -0.2) is 6.54 Å². The van der Waals surface area contributed by atoms with Gasteiger partial charge in [-0.25, -0.2) is 0 Å². The SMILES string of the molecule is c1ccc(-c2ccc(CNCCc3ccsc3)cc2)cc1. The first kappa shape index (κ1) is 14.1. The second-order valence-corrected chi connectivity index (χ2v) is 5.90. The summed E-state index contributed by atoms with van der Waals surface area (Å²) < 4.78 is 0. The highest BCUT2D eigenvalue weighted by molar-refractivity contribution is 7.07. The third kappa shape index (κ3) is 4.03. The molecule has 0 unspecified atom stereocenters. The highest BCUT2D eigenvalue weighted by atomic mass is 32.1. The van der Waals surface area contributed by atoms with Gasteiger partial charge in [-0.1, -0.05) is 54.6 Å². The molecule has 1 heterocycles. The van der Waals surface area contributed by atoms with Crippen LogP contribution < -0.4 is 5.32 Å². The Bertz CT molecular complexity index is 642. The Morgan fingerprint density at radius 3 is 2.24 bits per heavy atom. The average molecular weight is 293 g/mol. The van der Waals surface area contributed by atoms with Crippen molar-refractivity contribution in [2.45, 2.75) is 13.0 Å². The molecule has 106 valence electrons. The summed E-state index contributed by atoms with van der Waals surface area (Å²) in [4.78, 5) is 0. The molecule has 0 amide bonds. The topological polar surface area (TPSA) is 12.0 Å². The number of nitrogens with one attached hydrogen (secondary N) is 1. The van der Waals surface area contributed by atoms with Gasteiger partial charge in [0.1, 0.15) is 0 Å². The molecule has 0 spiro atoms. The third-order valence-electron chi connectivity index (χ3n) is 3.56. The lowest BCUT2D eigenvalue weighted by Gasteiger charge is -2.06. The van der Waals surface area contributed by atoms with Crippen LogP contribution in [0.3, 0.4) is 0 Å². The van der Waals surface area contributed by atoms with Crippen LogP contribution in [-0.2, 0) is 13.0 Å². The van der Waals surface area contributed by atoms with Gasteiger partial charge in [-0.2, -0.15) is 11.3 Å². The Morgan fingerprint density at radius 2 is 1.52 bits per heavy atom. The highest BCUT2D eigenvalue weighted by Gasteiger charge is 1.98. The van der Waals surface area contributed by atoms with Gasteiger partial charge in [-0.05, 0) is 52.0 Å². The summed E-state index contributed by atoms with van der Waals surface area (Å²) in [7, 11) is 0. The van der Waals surface area contributed by atoms with Crippen molar-refractivity contribution in [3.05, 3.63) is 82.6 Å².